The molecule has 0 bridgehead atoms. The topological polar surface area (TPSA) is 95.6 Å². The number of amides is 2. The van der Waals surface area contributed by atoms with E-state index in [0.717, 1.165) is 16.9 Å². The van der Waals surface area contributed by atoms with Gasteiger partial charge in [-0.3, -0.25) is 9.59 Å². The Morgan fingerprint density at radius 2 is 1.88 bits per heavy atom. The zero-order valence-electron chi connectivity index (χ0n) is 17.4. The summed E-state index contributed by atoms with van der Waals surface area (Å²) in [5.74, 6) is -0.311. The third-order valence-electron chi connectivity index (χ3n) is 5.21. The van der Waals surface area contributed by atoms with E-state index in [9.17, 15) is 18.0 Å². The van der Waals surface area contributed by atoms with E-state index in [1.54, 1.807) is 22.7 Å². The van der Waals surface area contributed by atoms with E-state index in [2.05, 4.69) is 21.5 Å². The fourth-order valence-electron chi connectivity index (χ4n) is 3.78. The second kappa shape index (κ2) is 9.53. The second-order valence-corrected chi connectivity index (χ2v) is 11.2. The first-order chi connectivity index (χ1) is 15.3. The highest BCUT2D eigenvalue weighted by molar-refractivity contribution is 7.89. The Labute approximate surface area is 195 Å². The number of nitrogens with one attached hydrogen (secondary N) is 2. The van der Waals surface area contributed by atoms with Gasteiger partial charge in [0.05, 0.1) is 10.9 Å². The third-order valence-corrected chi connectivity index (χ3v) is 8.61. The van der Waals surface area contributed by atoms with Crippen molar-refractivity contribution in [3.63, 3.8) is 0 Å². The number of benzene rings is 1. The molecule has 1 atom stereocenters. The van der Waals surface area contributed by atoms with E-state index in [-0.39, 0.29) is 35.7 Å². The molecule has 10 heteroatoms. The molecule has 0 radical (unpaired) electrons. The van der Waals surface area contributed by atoms with Gasteiger partial charge in [-0.15, -0.1) is 22.7 Å². The number of sulfonamides is 1. The van der Waals surface area contributed by atoms with Crippen molar-refractivity contribution in [2.45, 2.75) is 30.7 Å². The highest BCUT2D eigenvalue weighted by Crippen LogP contribution is 2.39. The zero-order valence-corrected chi connectivity index (χ0v) is 19.9. The number of carbonyl (C=O) groups is 2. The Kier molecular flexibility index (Phi) is 6.75. The van der Waals surface area contributed by atoms with Crippen LogP contribution in [0.2, 0.25) is 0 Å². The van der Waals surface area contributed by atoms with Crippen LogP contribution in [0.5, 0.6) is 0 Å². The van der Waals surface area contributed by atoms with Gasteiger partial charge in [-0.05, 0) is 59.1 Å². The number of hydrogen-bond donors (Lipinski definition) is 2. The summed E-state index contributed by atoms with van der Waals surface area (Å²) >= 11 is 3.34. The van der Waals surface area contributed by atoms with Gasteiger partial charge in [0.25, 0.3) is 0 Å². The lowest BCUT2D eigenvalue weighted by Gasteiger charge is -2.35. The summed E-state index contributed by atoms with van der Waals surface area (Å²) in [4.78, 5) is 28.5. The van der Waals surface area contributed by atoms with Crippen LogP contribution >= 0.6 is 22.7 Å². The van der Waals surface area contributed by atoms with Crippen molar-refractivity contribution in [3.05, 3.63) is 68.5 Å². The lowest BCUT2D eigenvalue weighted by molar-refractivity contribution is -0.133. The average molecular weight is 490 g/mol. The molecular weight excluding hydrogens is 466 g/mol. The van der Waals surface area contributed by atoms with Crippen LogP contribution in [0.3, 0.4) is 0 Å². The van der Waals surface area contributed by atoms with E-state index in [1.165, 1.54) is 36.1 Å². The molecule has 7 nitrogen and oxygen atoms in total. The maximum atomic E-state index is 13.1. The first kappa shape index (κ1) is 22.7. The number of rotatable bonds is 7. The highest BCUT2D eigenvalue weighted by atomic mass is 32.2. The molecular formula is C22H23N3O4S3. The fourth-order valence-corrected chi connectivity index (χ4v) is 6.57. The molecule has 1 aromatic carbocycles. The van der Waals surface area contributed by atoms with Crippen LogP contribution in [0, 0.1) is 0 Å². The summed E-state index contributed by atoms with van der Waals surface area (Å²) in [5, 5.41) is 6.66. The van der Waals surface area contributed by atoms with Crippen molar-refractivity contribution in [2.24, 2.45) is 0 Å². The van der Waals surface area contributed by atoms with Crippen LogP contribution in [0.25, 0.3) is 0 Å². The molecule has 0 unspecified atom stereocenters. The molecule has 0 saturated carbocycles. The van der Waals surface area contributed by atoms with Crippen LogP contribution in [-0.4, -0.2) is 38.2 Å². The number of fused-ring (bicyclic) bond motifs is 1. The smallest absolute Gasteiger partial charge is 0.240 e. The maximum absolute atomic E-state index is 13.1. The number of hydrogen-bond acceptors (Lipinski definition) is 6. The van der Waals surface area contributed by atoms with Crippen molar-refractivity contribution in [1.82, 2.24) is 9.62 Å². The van der Waals surface area contributed by atoms with E-state index in [1.807, 2.05) is 22.4 Å². The Morgan fingerprint density at radius 1 is 1.09 bits per heavy atom. The molecule has 2 N–H and O–H groups in total. The van der Waals surface area contributed by atoms with Gasteiger partial charge in [0.2, 0.25) is 21.8 Å². The maximum Gasteiger partial charge on any atom is 0.240 e. The van der Waals surface area contributed by atoms with Crippen LogP contribution in [0.4, 0.5) is 5.69 Å². The lowest BCUT2D eigenvalue weighted by atomic mass is 9.98. The second-order valence-electron chi connectivity index (χ2n) is 7.41. The third kappa shape index (κ3) is 4.93. The standard InChI is InChI=1S/C22H23N3O4S3/c1-15(26)24-16-4-6-17(7-5-16)32(28,29)23-11-8-21(27)25-12-9-19-18(10-14-31-19)22(25)20-3-2-13-30-20/h2-7,10,13-14,22-23H,8-9,11-12H2,1H3,(H,24,26)/t22-/m1/s1. The Balaban J connectivity index is 1.40. The van der Waals surface area contributed by atoms with Gasteiger partial charge in [-0.25, -0.2) is 13.1 Å². The predicted octanol–water partition coefficient (Wildman–Crippen LogP) is 3.61. The molecule has 32 heavy (non-hydrogen) atoms. The molecule has 0 saturated heterocycles. The fraction of sp³-hybridized carbons (Fsp3) is 0.273. The van der Waals surface area contributed by atoms with Crippen molar-refractivity contribution >= 4 is 50.2 Å². The number of carbonyl (C=O) groups excluding carboxylic acids is 2. The number of nitrogens with zero attached hydrogens (tertiary/aromatic N) is 1. The summed E-state index contributed by atoms with van der Waals surface area (Å²) < 4.78 is 27.7. The minimum atomic E-state index is -3.76. The van der Waals surface area contributed by atoms with Crippen LogP contribution in [0.15, 0.2) is 58.1 Å². The van der Waals surface area contributed by atoms with Gasteiger partial charge >= 0.3 is 0 Å². The predicted molar refractivity (Wildman–Crippen MR) is 126 cm³/mol. The minimum Gasteiger partial charge on any atom is -0.330 e. The quantitative estimate of drug-likeness (QED) is 0.530. The largest absolute Gasteiger partial charge is 0.330 e. The average Bonchev–Trinajstić information content (AvgIpc) is 3.45. The van der Waals surface area contributed by atoms with Crippen LogP contribution in [0.1, 0.15) is 34.7 Å². The van der Waals surface area contributed by atoms with Gasteiger partial charge in [-0.2, -0.15) is 0 Å². The Hall–Kier alpha value is -2.53. The first-order valence-corrected chi connectivity index (χ1v) is 13.4. The Morgan fingerprint density at radius 3 is 2.56 bits per heavy atom. The van der Waals surface area contributed by atoms with Gasteiger partial charge < -0.3 is 10.2 Å². The number of anilines is 1. The van der Waals surface area contributed by atoms with Gasteiger partial charge in [0, 0.05) is 41.9 Å². The molecule has 0 spiro atoms. The summed E-state index contributed by atoms with van der Waals surface area (Å²) in [7, 11) is -3.76. The van der Waals surface area contributed by atoms with E-state index in [0.29, 0.717) is 12.2 Å². The molecule has 1 aliphatic heterocycles. The summed E-state index contributed by atoms with van der Waals surface area (Å²) in [6, 6.07) is 11.9. The van der Waals surface area contributed by atoms with E-state index >= 15 is 0 Å². The molecule has 3 heterocycles. The molecule has 168 valence electrons. The van der Waals surface area contributed by atoms with Crippen LogP contribution in [-0.2, 0) is 26.0 Å². The molecule has 0 aliphatic carbocycles. The van der Waals surface area contributed by atoms with Gasteiger partial charge in [0.1, 0.15) is 0 Å². The van der Waals surface area contributed by atoms with Crippen LogP contribution < -0.4 is 10.0 Å². The van der Waals surface area contributed by atoms with Crippen molar-refractivity contribution in [2.75, 3.05) is 18.4 Å². The highest BCUT2D eigenvalue weighted by Gasteiger charge is 2.33. The molecule has 0 fully saturated rings. The molecule has 4 rings (SSSR count). The number of thiophene rings is 2. The lowest BCUT2D eigenvalue weighted by Crippen LogP contribution is -2.41. The molecule has 1 aliphatic rings. The Bertz CT molecular complexity index is 1200. The normalized spacial score (nSPS) is 15.9. The molecule has 3 aromatic rings. The monoisotopic (exact) mass is 489 g/mol. The molecule has 2 aromatic heterocycles. The first-order valence-electron chi connectivity index (χ1n) is 10.1. The van der Waals surface area contributed by atoms with E-state index < -0.39 is 10.0 Å². The van der Waals surface area contributed by atoms with Crippen molar-refractivity contribution in [3.8, 4) is 0 Å². The zero-order chi connectivity index (χ0) is 22.7. The van der Waals surface area contributed by atoms with Gasteiger partial charge in [0.15, 0.2) is 0 Å². The summed E-state index contributed by atoms with van der Waals surface area (Å²) in [6.07, 6.45) is 0.886. The van der Waals surface area contributed by atoms with Gasteiger partial charge in [-0.1, -0.05) is 6.07 Å². The summed E-state index contributed by atoms with van der Waals surface area (Å²) in [6.45, 7) is 2.01. The minimum absolute atomic E-state index is 0.0127. The van der Waals surface area contributed by atoms with E-state index in [4.69, 9.17) is 0 Å². The SMILES string of the molecule is CC(=O)Nc1ccc(S(=O)(=O)NCCC(=O)N2CCc3sccc3[C@@H]2c2cccs2)cc1. The van der Waals surface area contributed by atoms with Crippen molar-refractivity contribution in [1.29, 1.82) is 0 Å². The summed E-state index contributed by atoms with van der Waals surface area (Å²) in [5.41, 5.74) is 1.68. The van der Waals surface area contributed by atoms with Crippen molar-refractivity contribution < 1.29 is 18.0 Å². The molecule has 2 amide bonds.